The second kappa shape index (κ2) is 5.75. The van der Waals surface area contributed by atoms with Crippen LogP contribution in [-0.2, 0) is 16.0 Å². The molecule has 1 aromatic rings. The summed E-state index contributed by atoms with van der Waals surface area (Å²) in [5.74, 6) is 0.0884. The van der Waals surface area contributed by atoms with Gasteiger partial charge in [0.05, 0.1) is 19.1 Å². The number of carbonyl (C=O) groups excluding carboxylic acids is 1. The van der Waals surface area contributed by atoms with E-state index >= 15 is 0 Å². The molecule has 1 aliphatic rings. The lowest BCUT2D eigenvalue weighted by Gasteiger charge is -2.32. The lowest BCUT2D eigenvalue weighted by molar-refractivity contribution is -0.137. The molecule has 5 nitrogen and oxygen atoms in total. The molecule has 92 valence electrons. The summed E-state index contributed by atoms with van der Waals surface area (Å²) in [6.45, 7) is 2.24. The van der Waals surface area contributed by atoms with Crippen molar-refractivity contribution in [2.24, 2.45) is 5.73 Å². The standard InChI is InChI=1S/C12H17N3O2/c13-8-11-9-15(5-6-17-11)12(16)7-10-3-1-2-4-14-10/h1-4,11H,5-9,13H2. The van der Waals surface area contributed by atoms with Crippen LogP contribution in [0.5, 0.6) is 0 Å². The van der Waals surface area contributed by atoms with E-state index in [9.17, 15) is 4.79 Å². The predicted molar refractivity (Wildman–Crippen MR) is 63.3 cm³/mol. The van der Waals surface area contributed by atoms with Gasteiger partial charge in [-0.1, -0.05) is 6.07 Å². The highest BCUT2D eigenvalue weighted by Crippen LogP contribution is 2.07. The lowest BCUT2D eigenvalue weighted by Crippen LogP contribution is -2.48. The molecule has 1 unspecified atom stereocenters. The Kier molecular flexibility index (Phi) is 4.06. The zero-order valence-electron chi connectivity index (χ0n) is 9.71. The monoisotopic (exact) mass is 235 g/mol. The quantitative estimate of drug-likeness (QED) is 0.788. The first-order valence-corrected chi connectivity index (χ1v) is 5.79. The molecule has 2 heterocycles. The number of pyridine rings is 1. The van der Waals surface area contributed by atoms with Crippen molar-refractivity contribution < 1.29 is 9.53 Å². The largest absolute Gasteiger partial charge is 0.373 e. The van der Waals surface area contributed by atoms with E-state index in [4.69, 9.17) is 10.5 Å². The first-order valence-electron chi connectivity index (χ1n) is 5.79. The van der Waals surface area contributed by atoms with Gasteiger partial charge in [-0.2, -0.15) is 0 Å². The molecule has 1 aliphatic heterocycles. The zero-order valence-corrected chi connectivity index (χ0v) is 9.71. The number of amides is 1. The normalized spacial score (nSPS) is 20.3. The molecule has 2 rings (SSSR count). The first-order chi connectivity index (χ1) is 8.29. The van der Waals surface area contributed by atoms with Crippen LogP contribution < -0.4 is 5.73 Å². The minimum atomic E-state index is -0.0311. The second-order valence-corrected chi connectivity index (χ2v) is 4.07. The van der Waals surface area contributed by atoms with Gasteiger partial charge in [0.25, 0.3) is 0 Å². The Morgan fingerprint density at radius 1 is 1.59 bits per heavy atom. The maximum atomic E-state index is 12.0. The van der Waals surface area contributed by atoms with Crippen LogP contribution in [0.2, 0.25) is 0 Å². The summed E-state index contributed by atoms with van der Waals surface area (Å²) < 4.78 is 5.42. The van der Waals surface area contributed by atoms with Gasteiger partial charge in [0, 0.05) is 31.5 Å². The van der Waals surface area contributed by atoms with Gasteiger partial charge in [0.1, 0.15) is 0 Å². The van der Waals surface area contributed by atoms with Gasteiger partial charge in [0.2, 0.25) is 5.91 Å². The molecule has 1 saturated heterocycles. The number of ether oxygens (including phenoxy) is 1. The van der Waals surface area contributed by atoms with Crippen LogP contribution in [-0.4, -0.2) is 48.1 Å². The van der Waals surface area contributed by atoms with E-state index in [0.29, 0.717) is 32.7 Å². The molecule has 1 atom stereocenters. The Balaban J connectivity index is 1.91. The number of morpholine rings is 1. The van der Waals surface area contributed by atoms with E-state index < -0.39 is 0 Å². The van der Waals surface area contributed by atoms with Crippen LogP contribution >= 0.6 is 0 Å². The van der Waals surface area contributed by atoms with Crippen LogP contribution in [0.15, 0.2) is 24.4 Å². The molecule has 1 amide bonds. The van der Waals surface area contributed by atoms with Gasteiger partial charge in [-0.25, -0.2) is 0 Å². The third-order valence-corrected chi connectivity index (χ3v) is 2.81. The molecule has 0 spiro atoms. The number of aromatic nitrogens is 1. The summed E-state index contributed by atoms with van der Waals surface area (Å²) in [6.07, 6.45) is 2.01. The van der Waals surface area contributed by atoms with E-state index in [-0.39, 0.29) is 12.0 Å². The molecular formula is C12H17N3O2. The Hall–Kier alpha value is -1.46. The van der Waals surface area contributed by atoms with Crippen LogP contribution in [0.25, 0.3) is 0 Å². The van der Waals surface area contributed by atoms with Crippen molar-refractivity contribution in [3.05, 3.63) is 30.1 Å². The average Bonchev–Trinajstić information content (AvgIpc) is 2.40. The average molecular weight is 235 g/mol. The van der Waals surface area contributed by atoms with Gasteiger partial charge in [-0.05, 0) is 12.1 Å². The molecule has 0 radical (unpaired) electrons. The molecule has 5 heteroatoms. The Labute approximate surface area is 101 Å². The number of hydrogen-bond donors (Lipinski definition) is 1. The summed E-state index contributed by atoms with van der Waals surface area (Å²) >= 11 is 0. The highest BCUT2D eigenvalue weighted by atomic mass is 16.5. The van der Waals surface area contributed by atoms with Crippen molar-refractivity contribution in [2.45, 2.75) is 12.5 Å². The summed E-state index contributed by atoms with van der Waals surface area (Å²) in [6, 6.07) is 5.59. The maximum Gasteiger partial charge on any atom is 0.228 e. The van der Waals surface area contributed by atoms with Crippen LogP contribution in [0.4, 0.5) is 0 Å². The van der Waals surface area contributed by atoms with Gasteiger partial charge in [-0.3, -0.25) is 9.78 Å². The summed E-state index contributed by atoms with van der Waals surface area (Å²) in [4.78, 5) is 18.0. The zero-order chi connectivity index (χ0) is 12.1. The molecule has 17 heavy (non-hydrogen) atoms. The minimum absolute atomic E-state index is 0.0311. The Bertz CT molecular complexity index is 369. The Morgan fingerprint density at radius 2 is 2.47 bits per heavy atom. The van der Waals surface area contributed by atoms with Crippen LogP contribution in [0.1, 0.15) is 5.69 Å². The molecule has 1 fully saturated rings. The topological polar surface area (TPSA) is 68.5 Å². The maximum absolute atomic E-state index is 12.0. The molecule has 2 N–H and O–H groups in total. The minimum Gasteiger partial charge on any atom is -0.373 e. The number of carbonyl (C=O) groups is 1. The molecule has 0 aliphatic carbocycles. The van der Waals surface area contributed by atoms with Crippen molar-refractivity contribution in [1.29, 1.82) is 0 Å². The van der Waals surface area contributed by atoms with E-state index in [1.165, 1.54) is 0 Å². The van der Waals surface area contributed by atoms with Gasteiger partial charge in [0.15, 0.2) is 0 Å². The fourth-order valence-electron chi connectivity index (χ4n) is 1.86. The number of nitrogens with zero attached hydrogens (tertiary/aromatic N) is 2. The molecule has 0 bridgehead atoms. The van der Waals surface area contributed by atoms with Crippen molar-refractivity contribution in [3.8, 4) is 0 Å². The molecular weight excluding hydrogens is 218 g/mol. The predicted octanol–water partition coefficient (Wildman–Crippen LogP) is -0.190. The van der Waals surface area contributed by atoms with E-state index in [1.807, 2.05) is 18.2 Å². The summed E-state index contributed by atoms with van der Waals surface area (Å²) in [5.41, 5.74) is 6.34. The first kappa shape index (κ1) is 12.0. The van der Waals surface area contributed by atoms with Crippen molar-refractivity contribution in [1.82, 2.24) is 9.88 Å². The third kappa shape index (κ3) is 3.25. The second-order valence-electron chi connectivity index (χ2n) is 4.07. The lowest BCUT2D eigenvalue weighted by atomic mass is 10.2. The number of rotatable bonds is 3. The van der Waals surface area contributed by atoms with Crippen molar-refractivity contribution in [3.63, 3.8) is 0 Å². The molecule has 1 aromatic heterocycles. The Morgan fingerprint density at radius 3 is 3.18 bits per heavy atom. The molecule has 0 aromatic carbocycles. The van der Waals surface area contributed by atoms with Gasteiger partial charge >= 0.3 is 0 Å². The summed E-state index contributed by atoms with van der Waals surface area (Å²) in [5, 5.41) is 0. The van der Waals surface area contributed by atoms with Gasteiger partial charge in [-0.15, -0.1) is 0 Å². The van der Waals surface area contributed by atoms with Crippen LogP contribution in [0, 0.1) is 0 Å². The fraction of sp³-hybridized carbons (Fsp3) is 0.500. The SMILES string of the molecule is NCC1CN(C(=O)Cc2ccccn2)CCO1. The van der Waals surface area contributed by atoms with E-state index in [1.54, 1.807) is 11.1 Å². The fourth-order valence-corrected chi connectivity index (χ4v) is 1.86. The van der Waals surface area contributed by atoms with Gasteiger partial charge < -0.3 is 15.4 Å². The third-order valence-electron chi connectivity index (χ3n) is 2.81. The van der Waals surface area contributed by atoms with E-state index in [2.05, 4.69) is 4.98 Å². The van der Waals surface area contributed by atoms with Crippen molar-refractivity contribution in [2.75, 3.05) is 26.2 Å². The van der Waals surface area contributed by atoms with Crippen molar-refractivity contribution >= 4 is 5.91 Å². The van der Waals surface area contributed by atoms with Crippen LogP contribution in [0.3, 0.4) is 0 Å². The summed E-state index contributed by atoms with van der Waals surface area (Å²) in [7, 11) is 0. The smallest absolute Gasteiger partial charge is 0.228 e. The number of hydrogen-bond acceptors (Lipinski definition) is 4. The highest BCUT2D eigenvalue weighted by Gasteiger charge is 2.23. The van der Waals surface area contributed by atoms with E-state index in [0.717, 1.165) is 5.69 Å². The number of nitrogens with two attached hydrogens (primary N) is 1. The molecule has 0 saturated carbocycles. The highest BCUT2D eigenvalue weighted by molar-refractivity contribution is 5.78.